The summed E-state index contributed by atoms with van der Waals surface area (Å²) in [7, 11) is 3.15. The number of carbonyl (C=O) groups is 2. The number of ether oxygens (including phenoxy) is 3. The number of hydrogen-bond donors (Lipinski definition) is 2. The molecule has 1 heterocycles. The number of aromatic nitrogens is 1. The number of rotatable bonds is 11. The largest absolute Gasteiger partial charge is 0.496 e. The lowest BCUT2D eigenvalue weighted by molar-refractivity contribution is -0.153. The fraction of sp³-hybridized carbons (Fsp3) is 0.346. The van der Waals surface area contributed by atoms with Crippen LogP contribution in [0.1, 0.15) is 40.3 Å². The van der Waals surface area contributed by atoms with Gasteiger partial charge in [-0.25, -0.2) is 9.78 Å². The molecule has 1 atom stereocenters. The number of amides is 1. The Morgan fingerprint density at radius 1 is 1.09 bits per heavy atom. The fourth-order valence-electron chi connectivity index (χ4n) is 3.64. The van der Waals surface area contributed by atoms with E-state index in [2.05, 4.69) is 10.3 Å². The quantitative estimate of drug-likeness (QED) is 0.401. The number of methoxy groups -OCH3 is 2. The van der Waals surface area contributed by atoms with Crippen LogP contribution >= 0.6 is 11.3 Å². The molecule has 1 amide bonds. The minimum absolute atomic E-state index is 0.194. The van der Waals surface area contributed by atoms with Crippen molar-refractivity contribution in [1.82, 2.24) is 10.3 Å². The Hall–Kier alpha value is -3.43. The van der Waals surface area contributed by atoms with Crippen LogP contribution in [0, 0.1) is 6.92 Å². The molecule has 8 nitrogen and oxygen atoms in total. The van der Waals surface area contributed by atoms with Gasteiger partial charge in [-0.2, -0.15) is 0 Å². The molecule has 1 aromatic heterocycles. The van der Waals surface area contributed by atoms with E-state index in [4.69, 9.17) is 14.2 Å². The van der Waals surface area contributed by atoms with Crippen LogP contribution in [0.25, 0.3) is 10.6 Å². The van der Waals surface area contributed by atoms with Crippen molar-refractivity contribution >= 4 is 23.2 Å². The Balaban J connectivity index is 1.77. The number of para-hydroxylation sites is 1. The number of benzene rings is 2. The molecule has 2 N–H and O–H groups in total. The summed E-state index contributed by atoms with van der Waals surface area (Å²) >= 11 is 1.43. The van der Waals surface area contributed by atoms with Crippen LogP contribution in [0.15, 0.2) is 42.5 Å². The topological polar surface area (TPSA) is 107 Å². The van der Waals surface area contributed by atoms with Crippen LogP contribution < -0.4 is 14.8 Å². The van der Waals surface area contributed by atoms with Crippen LogP contribution in [0.4, 0.5) is 0 Å². The second kappa shape index (κ2) is 11.8. The number of nitrogens with zero attached hydrogens (tertiary/aromatic N) is 1. The normalized spacial score (nSPS) is 11.8. The maximum atomic E-state index is 13.0. The Morgan fingerprint density at radius 3 is 2.46 bits per heavy atom. The Labute approximate surface area is 208 Å². The van der Waals surface area contributed by atoms with Crippen molar-refractivity contribution in [2.24, 2.45) is 0 Å². The highest BCUT2D eigenvalue weighted by Crippen LogP contribution is 2.34. The molecular weight excluding hydrogens is 468 g/mol. The predicted molar refractivity (Wildman–Crippen MR) is 134 cm³/mol. The van der Waals surface area contributed by atoms with E-state index >= 15 is 0 Å². The zero-order valence-corrected chi connectivity index (χ0v) is 21.3. The lowest BCUT2D eigenvalue weighted by Gasteiger charge is -2.18. The summed E-state index contributed by atoms with van der Waals surface area (Å²) in [5.41, 5.74) is 2.67. The Kier molecular flexibility index (Phi) is 8.84. The van der Waals surface area contributed by atoms with Crippen molar-refractivity contribution in [3.63, 3.8) is 0 Å². The second-order valence-electron chi connectivity index (χ2n) is 8.17. The standard InChI is InChI=1S/C26H30N2O6S/c1-15(2)34-22(26(30)31)13-17-10-11-20(32-4)18(12-17)14-27-24(29)23-16(3)35-25(28-23)19-8-6-7-9-21(19)33-5/h6-12,15,22H,13-14H2,1-5H3,(H,27,29)(H,30,31). The van der Waals surface area contributed by atoms with E-state index in [0.29, 0.717) is 22.2 Å². The van der Waals surface area contributed by atoms with Crippen molar-refractivity contribution in [3.05, 3.63) is 64.2 Å². The molecule has 0 fully saturated rings. The molecule has 0 aliphatic carbocycles. The third-order valence-corrected chi connectivity index (χ3v) is 6.27. The van der Waals surface area contributed by atoms with Gasteiger partial charge in [0.2, 0.25) is 0 Å². The van der Waals surface area contributed by atoms with Gasteiger partial charge in [0.05, 0.1) is 25.9 Å². The van der Waals surface area contributed by atoms with Crippen LogP contribution in [-0.4, -0.2) is 48.4 Å². The van der Waals surface area contributed by atoms with Crippen molar-refractivity contribution < 1.29 is 28.9 Å². The lowest BCUT2D eigenvalue weighted by atomic mass is 10.0. The Morgan fingerprint density at radius 2 is 1.80 bits per heavy atom. The number of hydrogen-bond acceptors (Lipinski definition) is 7. The van der Waals surface area contributed by atoms with E-state index in [0.717, 1.165) is 21.6 Å². The van der Waals surface area contributed by atoms with Gasteiger partial charge in [-0.15, -0.1) is 11.3 Å². The molecule has 35 heavy (non-hydrogen) atoms. The van der Waals surface area contributed by atoms with Gasteiger partial charge in [0, 0.05) is 23.4 Å². The maximum absolute atomic E-state index is 13.0. The van der Waals surface area contributed by atoms with Crippen LogP contribution in [0.3, 0.4) is 0 Å². The number of aryl methyl sites for hydroxylation is 1. The van der Waals surface area contributed by atoms with Crippen molar-refractivity contribution in [2.75, 3.05) is 14.2 Å². The second-order valence-corrected chi connectivity index (χ2v) is 9.37. The molecule has 0 aliphatic heterocycles. The SMILES string of the molecule is COc1ccc(CC(OC(C)C)C(=O)O)cc1CNC(=O)c1nc(-c2ccccc2OC)sc1C. The number of thiazole rings is 1. The average Bonchev–Trinajstić information content (AvgIpc) is 3.23. The molecule has 186 valence electrons. The summed E-state index contributed by atoms with van der Waals surface area (Å²) < 4.78 is 16.4. The highest BCUT2D eigenvalue weighted by atomic mass is 32.1. The van der Waals surface area contributed by atoms with E-state index in [-0.39, 0.29) is 25.0 Å². The van der Waals surface area contributed by atoms with E-state index in [1.807, 2.05) is 37.3 Å². The molecule has 0 saturated heterocycles. The van der Waals surface area contributed by atoms with Crippen LogP contribution in [-0.2, 0) is 22.5 Å². The zero-order chi connectivity index (χ0) is 25.5. The fourth-order valence-corrected chi connectivity index (χ4v) is 4.58. The van der Waals surface area contributed by atoms with Gasteiger partial charge in [0.15, 0.2) is 6.10 Å². The summed E-state index contributed by atoms with van der Waals surface area (Å²) in [6.07, 6.45) is -0.974. The smallest absolute Gasteiger partial charge is 0.333 e. The molecule has 2 aromatic carbocycles. The number of carbonyl (C=O) groups excluding carboxylic acids is 1. The summed E-state index contributed by atoms with van der Waals surface area (Å²) in [5, 5.41) is 13.1. The van der Waals surface area contributed by atoms with Crippen LogP contribution in [0.2, 0.25) is 0 Å². The average molecular weight is 499 g/mol. The number of aliphatic carboxylic acids is 1. The third kappa shape index (κ3) is 6.58. The summed E-state index contributed by atoms with van der Waals surface area (Å²) in [5.74, 6) is -0.0422. The summed E-state index contributed by atoms with van der Waals surface area (Å²) in [4.78, 5) is 29.9. The molecule has 3 rings (SSSR count). The summed E-state index contributed by atoms with van der Waals surface area (Å²) in [6.45, 7) is 5.64. The molecule has 1 unspecified atom stereocenters. The van der Waals surface area contributed by atoms with E-state index in [1.165, 1.54) is 11.3 Å². The van der Waals surface area contributed by atoms with Crippen LogP contribution in [0.5, 0.6) is 11.5 Å². The lowest BCUT2D eigenvalue weighted by Crippen LogP contribution is -2.29. The first-order valence-corrected chi connectivity index (χ1v) is 12.0. The molecular formula is C26H30N2O6S. The maximum Gasteiger partial charge on any atom is 0.333 e. The van der Waals surface area contributed by atoms with Gasteiger partial charge in [0.25, 0.3) is 5.91 Å². The molecule has 0 aliphatic rings. The van der Waals surface area contributed by atoms with Gasteiger partial charge >= 0.3 is 5.97 Å². The highest BCUT2D eigenvalue weighted by molar-refractivity contribution is 7.15. The highest BCUT2D eigenvalue weighted by Gasteiger charge is 2.22. The van der Waals surface area contributed by atoms with E-state index in [9.17, 15) is 14.7 Å². The first kappa shape index (κ1) is 26.2. The molecule has 9 heteroatoms. The first-order chi connectivity index (χ1) is 16.7. The molecule has 3 aromatic rings. The monoisotopic (exact) mass is 498 g/mol. The number of nitrogens with one attached hydrogen (secondary N) is 1. The number of carboxylic acids is 1. The van der Waals surface area contributed by atoms with Crippen molar-refractivity contribution in [1.29, 1.82) is 0 Å². The molecule has 0 bridgehead atoms. The zero-order valence-electron chi connectivity index (χ0n) is 20.5. The molecule has 0 saturated carbocycles. The minimum Gasteiger partial charge on any atom is -0.496 e. The van der Waals surface area contributed by atoms with E-state index in [1.54, 1.807) is 40.2 Å². The predicted octanol–water partition coefficient (Wildman–Crippen LogP) is 4.49. The first-order valence-electron chi connectivity index (χ1n) is 11.2. The van der Waals surface area contributed by atoms with Gasteiger partial charge in [-0.05, 0) is 44.5 Å². The van der Waals surface area contributed by atoms with Gasteiger partial charge in [-0.3, -0.25) is 4.79 Å². The molecule has 0 radical (unpaired) electrons. The van der Waals surface area contributed by atoms with E-state index < -0.39 is 12.1 Å². The van der Waals surface area contributed by atoms with Gasteiger partial charge in [-0.1, -0.05) is 24.3 Å². The molecule has 0 spiro atoms. The van der Waals surface area contributed by atoms with Crippen molar-refractivity contribution in [2.45, 2.75) is 45.9 Å². The Bertz CT molecular complexity index is 1190. The number of carboxylic acid groups (broad SMARTS) is 1. The third-order valence-electron chi connectivity index (χ3n) is 5.27. The van der Waals surface area contributed by atoms with Crippen molar-refractivity contribution in [3.8, 4) is 22.1 Å². The summed E-state index contributed by atoms with van der Waals surface area (Å²) in [6, 6.07) is 12.9. The van der Waals surface area contributed by atoms with Gasteiger partial charge in [0.1, 0.15) is 22.2 Å². The minimum atomic E-state index is -1.02. The van der Waals surface area contributed by atoms with Gasteiger partial charge < -0.3 is 24.6 Å².